The summed E-state index contributed by atoms with van der Waals surface area (Å²) in [5.74, 6) is -2.95. The first kappa shape index (κ1) is 26.9. The Morgan fingerprint density at radius 3 is 2.73 bits per heavy atom. The quantitative estimate of drug-likeness (QED) is 0.411. The Bertz CT molecular complexity index is 1490. The van der Waals surface area contributed by atoms with Gasteiger partial charge in [0.15, 0.2) is 11.8 Å². The van der Waals surface area contributed by atoms with E-state index in [9.17, 15) is 4.79 Å². The summed E-state index contributed by atoms with van der Waals surface area (Å²) in [6.07, 6.45) is 6.45. The van der Waals surface area contributed by atoms with Crippen LogP contribution in [0.1, 0.15) is 60.3 Å². The lowest BCUT2D eigenvalue weighted by atomic mass is 9.53. The van der Waals surface area contributed by atoms with Crippen LogP contribution in [0.15, 0.2) is 48.8 Å². The van der Waals surface area contributed by atoms with E-state index in [1.54, 1.807) is 17.9 Å². The number of carbonyl (C=O) groups excluding carboxylic acids is 1. The number of nitrogens with one attached hydrogen (secondary N) is 1. The molecule has 4 aliphatic rings. The van der Waals surface area contributed by atoms with Crippen LogP contribution in [0.25, 0.3) is 0 Å². The molecule has 10 heteroatoms. The number of imidazole rings is 1. The van der Waals surface area contributed by atoms with Crippen molar-refractivity contribution in [2.45, 2.75) is 68.5 Å². The molecule has 2 aromatic carbocycles. The number of fused-ring (bicyclic) bond motifs is 2. The number of benzene rings is 2. The third-order valence-electron chi connectivity index (χ3n) is 9.92. The van der Waals surface area contributed by atoms with Crippen LogP contribution in [-0.2, 0) is 28.1 Å². The molecule has 0 bridgehead atoms. The second-order valence-electron chi connectivity index (χ2n) is 12.3. The summed E-state index contributed by atoms with van der Waals surface area (Å²) >= 11 is 6.62. The SMILES string of the molecule is COC1CC2(CC(NC[C@@]3(c4ccccc4)Cc4c(cc(F)c(Cl)c4C4C(C(N)=O)Cn5ccnc5C4F)O3)C2)C1. The van der Waals surface area contributed by atoms with Gasteiger partial charge in [0.25, 0.3) is 0 Å². The zero-order valence-corrected chi connectivity index (χ0v) is 23.5. The number of primary amides is 1. The maximum atomic E-state index is 16.2. The van der Waals surface area contributed by atoms with Crippen molar-refractivity contribution in [3.8, 4) is 5.75 Å². The van der Waals surface area contributed by atoms with Crippen molar-refractivity contribution in [1.29, 1.82) is 0 Å². The van der Waals surface area contributed by atoms with Crippen molar-refractivity contribution in [2.24, 2.45) is 17.1 Å². The highest BCUT2D eigenvalue weighted by molar-refractivity contribution is 6.31. The maximum absolute atomic E-state index is 16.2. The third kappa shape index (κ3) is 4.27. The largest absolute Gasteiger partial charge is 0.480 e. The highest BCUT2D eigenvalue weighted by atomic mass is 35.5. The number of alkyl halides is 1. The van der Waals surface area contributed by atoms with E-state index in [2.05, 4.69) is 10.3 Å². The fourth-order valence-corrected chi connectivity index (χ4v) is 8.09. The predicted octanol–water partition coefficient (Wildman–Crippen LogP) is 4.96. The van der Waals surface area contributed by atoms with Gasteiger partial charge in [0.2, 0.25) is 5.91 Å². The topological polar surface area (TPSA) is 91.4 Å². The van der Waals surface area contributed by atoms with E-state index in [1.807, 2.05) is 30.3 Å². The molecular weight excluding hydrogens is 550 g/mol. The van der Waals surface area contributed by atoms with Crippen molar-refractivity contribution in [2.75, 3.05) is 13.7 Å². The molecule has 3 heterocycles. The van der Waals surface area contributed by atoms with Crippen LogP contribution in [0.4, 0.5) is 8.78 Å². The van der Waals surface area contributed by atoms with Crippen molar-refractivity contribution < 1.29 is 23.0 Å². The van der Waals surface area contributed by atoms with Gasteiger partial charge in [-0.25, -0.2) is 13.8 Å². The highest BCUT2D eigenvalue weighted by Gasteiger charge is 2.54. The summed E-state index contributed by atoms with van der Waals surface area (Å²) in [7, 11) is 1.77. The number of nitrogens with zero attached hydrogens (tertiary/aromatic N) is 2. The zero-order chi connectivity index (χ0) is 28.5. The Morgan fingerprint density at radius 1 is 1.27 bits per heavy atom. The molecule has 41 heavy (non-hydrogen) atoms. The van der Waals surface area contributed by atoms with E-state index in [4.69, 9.17) is 26.8 Å². The minimum absolute atomic E-state index is 0.136. The highest BCUT2D eigenvalue weighted by Crippen LogP contribution is 2.57. The normalized spacial score (nSPS) is 33.4. The molecule has 3 N–H and O–H groups in total. The summed E-state index contributed by atoms with van der Waals surface area (Å²) in [5.41, 5.74) is 7.07. The molecule has 1 amide bonds. The molecule has 2 aliphatic carbocycles. The van der Waals surface area contributed by atoms with Crippen LogP contribution < -0.4 is 15.8 Å². The molecule has 1 aromatic heterocycles. The number of hydrogen-bond acceptors (Lipinski definition) is 5. The van der Waals surface area contributed by atoms with Crippen molar-refractivity contribution in [1.82, 2.24) is 14.9 Å². The zero-order valence-electron chi connectivity index (χ0n) is 22.8. The monoisotopic (exact) mass is 582 g/mol. The van der Waals surface area contributed by atoms with Gasteiger partial charge in [-0.05, 0) is 42.2 Å². The molecule has 0 saturated heterocycles. The number of amides is 1. The van der Waals surface area contributed by atoms with E-state index in [0.29, 0.717) is 41.8 Å². The average Bonchev–Trinajstić information content (AvgIpc) is 3.54. The van der Waals surface area contributed by atoms with Gasteiger partial charge in [0, 0.05) is 62.6 Å². The number of halogens is 3. The Kier molecular flexibility index (Phi) is 6.41. The molecule has 3 unspecified atom stereocenters. The molecule has 216 valence electrons. The smallest absolute Gasteiger partial charge is 0.223 e. The van der Waals surface area contributed by atoms with Gasteiger partial charge in [-0.15, -0.1) is 0 Å². The number of rotatable bonds is 7. The standard InChI is InChI=1S/C31H33ClF2N4O3/c1-40-19-12-30(13-19)10-18(11-30)37-16-31(17-5-3-2-4-6-17)14-20-23(41-31)9-22(33)26(32)24(20)25-21(28(35)39)15-38-8-7-36-29(38)27(25)34/h2-9,18-19,21,25,27,37H,10-16H2,1H3,(H2,35,39)/t18?,19?,21?,25?,27?,30?,31-/m1/s1. The first-order valence-electron chi connectivity index (χ1n) is 14.2. The van der Waals surface area contributed by atoms with Crippen LogP contribution in [0.2, 0.25) is 5.02 Å². The molecule has 0 radical (unpaired) electrons. The molecular formula is C31H33ClF2N4O3. The summed E-state index contributed by atoms with van der Waals surface area (Å²) in [4.78, 5) is 16.8. The minimum Gasteiger partial charge on any atom is -0.480 e. The van der Waals surface area contributed by atoms with Crippen LogP contribution in [-0.4, -0.2) is 41.3 Å². The fraction of sp³-hybridized carbons (Fsp3) is 0.484. The van der Waals surface area contributed by atoms with Gasteiger partial charge in [-0.1, -0.05) is 41.9 Å². The van der Waals surface area contributed by atoms with E-state index in [1.165, 1.54) is 12.3 Å². The number of nitrogens with two attached hydrogens (primary N) is 1. The van der Waals surface area contributed by atoms with E-state index < -0.39 is 35.3 Å². The Labute approximate surface area is 242 Å². The summed E-state index contributed by atoms with van der Waals surface area (Å²) in [6.45, 7) is 0.614. The van der Waals surface area contributed by atoms with Crippen molar-refractivity contribution >= 4 is 17.5 Å². The second-order valence-corrected chi connectivity index (χ2v) is 12.7. The molecule has 7 rings (SSSR count). The number of carbonyl (C=O) groups is 1. The predicted molar refractivity (Wildman–Crippen MR) is 149 cm³/mol. The summed E-state index contributed by atoms with van der Waals surface area (Å²) in [6, 6.07) is 11.4. The second kappa shape index (κ2) is 9.78. The Hall–Kier alpha value is -3.01. The van der Waals surface area contributed by atoms with E-state index in [-0.39, 0.29) is 23.0 Å². The lowest BCUT2D eigenvalue weighted by Gasteiger charge is -2.57. The first-order valence-corrected chi connectivity index (χ1v) is 14.6. The Balaban J connectivity index is 1.23. The lowest BCUT2D eigenvalue weighted by Crippen LogP contribution is -2.59. The number of aromatic nitrogens is 2. The third-order valence-corrected chi connectivity index (χ3v) is 10.3. The van der Waals surface area contributed by atoms with Crippen LogP contribution in [0, 0.1) is 17.2 Å². The maximum Gasteiger partial charge on any atom is 0.223 e. The van der Waals surface area contributed by atoms with Gasteiger partial charge in [-0.3, -0.25) is 4.79 Å². The molecule has 2 aliphatic heterocycles. The van der Waals surface area contributed by atoms with E-state index in [0.717, 1.165) is 31.2 Å². The summed E-state index contributed by atoms with van der Waals surface area (Å²) in [5, 5.41) is 3.50. The van der Waals surface area contributed by atoms with E-state index >= 15 is 8.78 Å². The van der Waals surface area contributed by atoms with Crippen LogP contribution in [0.3, 0.4) is 0 Å². The fourth-order valence-electron chi connectivity index (χ4n) is 7.79. The molecule has 3 aromatic rings. The van der Waals surface area contributed by atoms with Crippen molar-refractivity contribution in [3.05, 3.63) is 82.1 Å². The summed E-state index contributed by atoms with van der Waals surface area (Å²) < 4.78 is 45.3. The van der Waals surface area contributed by atoms with Gasteiger partial charge >= 0.3 is 0 Å². The van der Waals surface area contributed by atoms with Gasteiger partial charge in [-0.2, -0.15) is 0 Å². The molecule has 7 nitrogen and oxygen atoms in total. The first-order chi connectivity index (χ1) is 19.7. The number of methoxy groups -OCH3 is 1. The van der Waals surface area contributed by atoms with Crippen LogP contribution in [0.5, 0.6) is 5.75 Å². The van der Waals surface area contributed by atoms with Crippen LogP contribution >= 0.6 is 11.6 Å². The molecule has 4 atom stereocenters. The molecule has 2 saturated carbocycles. The minimum atomic E-state index is -1.70. The lowest BCUT2D eigenvalue weighted by molar-refractivity contribution is -0.124. The number of ether oxygens (including phenoxy) is 2. The van der Waals surface area contributed by atoms with Crippen molar-refractivity contribution in [3.63, 3.8) is 0 Å². The molecule has 1 spiro atoms. The average molecular weight is 583 g/mol. The molecule has 2 fully saturated rings. The Morgan fingerprint density at radius 2 is 2.02 bits per heavy atom. The van der Waals surface area contributed by atoms with Gasteiger partial charge < -0.3 is 25.1 Å². The number of hydrogen-bond donors (Lipinski definition) is 2. The van der Waals surface area contributed by atoms with Gasteiger partial charge in [0.1, 0.15) is 17.4 Å². The van der Waals surface area contributed by atoms with Gasteiger partial charge in [0.05, 0.1) is 17.0 Å².